The van der Waals surface area contributed by atoms with Gasteiger partial charge in [0.2, 0.25) is 0 Å². The first-order valence-corrected chi connectivity index (χ1v) is 13.6. The number of phenolic OH excluding ortho intramolecular Hbond substituents is 2. The number of aliphatic imine (C=N–C) groups is 1. The summed E-state index contributed by atoms with van der Waals surface area (Å²) in [5.74, 6) is 1.22. The molecule has 1 amide bonds. The van der Waals surface area contributed by atoms with Crippen LogP contribution in [0.1, 0.15) is 80.1 Å². The maximum atomic E-state index is 12.3. The zero-order valence-corrected chi connectivity index (χ0v) is 22.0. The molecule has 0 atom stereocenters. The van der Waals surface area contributed by atoms with E-state index in [1.807, 2.05) is 24.3 Å². The Morgan fingerprint density at radius 2 is 1.59 bits per heavy atom. The lowest BCUT2D eigenvalue weighted by molar-refractivity contribution is 0.0949. The molecule has 0 radical (unpaired) electrons. The Hall–Kier alpha value is -3.42. The minimum Gasteiger partial charge on any atom is -0.508 e. The average molecular weight is 511 g/mol. The number of hydrogen-bond donors (Lipinski definition) is 5. The number of nitrogens with zero attached hydrogens (tertiary/aromatic N) is 1. The van der Waals surface area contributed by atoms with E-state index >= 15 is 0 Å². The Labute approximate surface area is 220 Å². The molecule has 0 saturated heterocycles. The fourth-order valence-electron chi connectivity index (χ4n) is 4.42. The van der Waals surface area contributed by atoms with Gasteiger partial charge in [-0.15, -0.1) is 0 Å². The Balaban J connectivity index is 1.10. The summed E-state index contributed by atoms with van der Waals surface area (Å²) in [4.78, 5) is 16.6. The van der Waals surface area contributed by atoms with Crippen LogP contribution in [0.15, 0.2) is 41.4 Å². The molecule has 0 saturated carbocycles. The van der Waals surface area contributed by atoms with Crippen LogP contribution < -0.4 is 20.7 Å². The molecular weight excluding hydrogens is 468 g/mol. The molecule has 0 unspecified atom stereocenters. The molecule has 1 aliphatic rings. The van der Waals surface area contributed by atoms with Gasteiger partial charge in [0.1, 0.15) is 17.2 Å². The number of aromatic hydroxyl groups is 2. The van der Waals surface area contributed by atoms with E-state index in [0.29, 0.717) is 12.1 Å². The van der Waals surface area contributed by atoms with E-state index in [9.17, 15) is 15.0 Å². The molecule has 37 heavy (non-hydrogen) atoms. The van der Waals surface area contributed by atoms with Gasteiger partial charge in [0.15, 0.2) is 5.96 Å². The summed E-state index contributed by atoms with van der Waals surface area (Å²) >= 11 is 0. The third-order valence-electron chi connectivity index (χ3n) is 6.44. The van der Waals surface area contributed by atoms with E-state index in [1.54, 1.807) is 6.92 Å². The monoisotopic (exact) mass is 510 g/mol. The molecular formula is C29H42N4O4. The van der Waals surface area contributed by atoms with Gasteiger partial charge in [-0.1, -0.05) is 51.4 Å². The van der Waals surface area contributed by atoms with Crippen molar-refractivity contribution in [3.63, 3.8) is 0 Å². The number of hydrogen-bond acceptors (Lipinski definition) is 7. The van der Waals surface area contributed by atoms with Crippen LogP contribution in [-0.2, 0) is 0 Å². The SMILES string of the molecule is Cc1cc(O)cc(O)c1C(=O)NCCCCCCCCCCCCOc1ccc(NC2=NCCN2)cc1. The molecule has 1 heterocycles. The first-order chi connectivity index (χ1) is 18.0. The first-order valence-electron chi connectivity index (χ1n) is 13.6. The number of unbranched alkanes of at least 4 members (excludes halogenated alkanes) is 9. The van der Waals surface area contributed by atoms with E-state index in [-0.39, 0.29) is 23.0 Å². The number of guanidine groups is 1. The number of nitrogens with one attached hydrogen (secondary N) is 3. The molecule has 8 nitrogen and oxygen atoms in total. The van der Waals surface area contributed by atoms with Crippen LogP contribution in [0.3, 0.4) is 0 Å². The summed E-state index contributed by atoms with van der Waals surface area (Å²) in [6, 6.07) is 10.7. The lowest BCUT2D eigenvalue weighted by atomic mass is 10.1. The van der Waals surface area contributed by atoms with Gasteiger partial charge >= 0.3 is 0 Å². The minimum atomic E-state index is -0.293. The fraction of sp³-hybridized carbons (Fsp3) is 0.517. The number of carbonyl (C=O) groups excluding carboxylic acids is 1. The fourth-order valence-corrected chi connectivity index (χ4v) is 4.42. The van der Waals surface area contributed by atoms with E-state index in [1.165, 1.54) is 57.1 Å². The number of rotatable bonds is 16. The van der Waals surface area contributed by atoms with Gasteiger partial charge < -0.3 is 30.9 Å². The smallest absolute Gasteiger partial charge is 0.255 e. The van der Waals surface area contributed by atoms with Crippen molar-refractivity contribution in [2.45, 2.75) is 71.1 Å². The second kappa shape index (κ2) is 15.6. The maximum absolute atomic E-state index is 12.3. The second-order valence-electron chi connectivity index (χ2n) is 9.60. The zero-order chi connectivity index (χ0) is 26.3. The molecule has 0 spiro atoms. The number of phenols is 2. The lowest BCUT2D eigenvalue weighted by Crippen LogP contribution is -2.26. The third kappa shape index (κ3) is 10.2. The van der Waals surface area contributed by atoms with E-state index in [2.05, 4.69) is 20.9 Å². The van der Waals surface area contributed by atoms with Crippen LogP contribution in [0.25, 0.3) is 0 Å². The zero-order valence-electron chi connectivity index (χ0n) is 22.0. The van der Waals surface area contributed by atoms with Gasteiger partial charge in [-0.05, 0) is 55.7 Å². The van der Waals surface area contributed by atoms with E-state index in [0.717, 1.165) is 56.4 Å². The molecule has 8 heteroatoms. The highest BCUT2D eigenvalue weighted by atomic mass is 16.5. The molecule has 3 rings (SSSR count). The van der Waals surface area contributed by atoms with Crippen molar-refractivity contribution >= 4 is 17.6 Å². The van der Waals surface area contributed by atoms with Gasteiger partial charge in [-0.25, -0.2) is 0 Å². The summed E-state index contributed by atoms with van der Waals surface area (Å²) in [5.41, 5.74) is 1.81. The van der Waals surface area contributed by atoms with Gasteiger partial charge in [-0.3, -0.25) is 9.79 Å². The van der Waals surface area contributed by atoms with Gasteiger partial charge in [-0.2, -0.15) is 0 Å². The van der Waals surface area contributed by atoms with Crippen molar-refractivity contribution in [3.05, 3.63) is 47.5 Å². The van der Waals surface area contributed by atoms with Crippen molar-refractivity contribution in [2.24, 2.45) is 4.99 Å². The Morgan fingerprint density at radius 1 is 0.946 bits per heavy atom. The molecule has 0 fully saturated rings. The predicted molar refractivity (Wildman–Crippen MR) is 149 cm³/mol. The van der Waals surface area contributed by atoms with Crippen molar-refractivity contribution in [1.82, 2.24) is 10.6 Å². The standard InChI is InChI=1S/C29H42N4O4/c1-22-20-24(34)21-26(35)27(22)28(36)30-16-10-8-6-4-2-3-5-7-9-11-19-37-25-14-12-23(13-15-25)33-29-31-17-18-32-29/h12-15,20-21,34-35H,2-11,16-19H2,1H3,(H,30,36)(H2,31,32,33). The van der Waals surface area contributed by atoms with Gasteiger partial charge in [0.05, 0.1) is 18.7 Å². The molecule has 0 aromatic heterocycles. The van der Waals surface area contributed by atoms with Crippen LogP contribution in [-0.4, -0.2) is 48.3 Å². The van der Waals surface area contributed by atoms with Crippen LogP contribution in [0.4, 0.5) is 5.69 Å². The number of amides is 1. The second-order valence-corrected chi connectivity index (χ2v) is 9.60. The van der Waals surface area contributed by atoms with E-state index < -0.39 is 0 Å². The molecule has 1 aliphatic heterocycles. The Bertz CT molecular complexity index is 984. The van der Waals surface area contributed by atoms with Crippen molar-refractivity contribution < 1.29 is 19.7 Å². The highest BCUT2D eigenvalue weighted by Gasteiger charge is 2.15. The van der Waals surface area contributed by atoms with Crippen LogP contribution >= 0.6 is 0 Å². The number of ether oxygens (including phenoxy) is 1. The lowest BCUT2D eigenvalue weighted by Gasteiger charge is -2.10. The topological polar surface area (TPSA) is 115 Å². The molecule has 202 valence electrons. The van der Waals surface area contributed by atoms with Crippen LogP contribution in [0.2, 0.25) is 0 Å². The molecule has 5 N–H and O–H groups in total. The van der Waals surface area contributed by atoms with Crippen molar-refractivity contribution in [2.75, 3.05) is 31.6 Å². The maximum Gasteiger partial charge on any atom is 0.255 e. The minimum absolute atomic E-state index is 0.0419. The number of anilines is 1. The number of carbonyl (C=O) groups is 1. The highest BCUT2D eigenvalue weighted by molar-refractivity contribution is 5.98. The molecule has 2 aromatic rings. The van der Waals surface area contributed by atoms with Crippen LogP contribution in [0.5, 0.6) is 17.2 Å². The molecule has 2 aromatic carbocycles. The molecule has 0 aliphatic carbocycles. The number of benzene rings is 2. The normalized spacial score (nSPS) is 12.6. The Morgan fingerprint density at radius 3 is 2.22 bits per heavy atom. The molecule has 0 bridgehead atoms. The quantitative estimate of drug-likeness (QED) is 0.191. The van der Waals surface area contributed by atoms with Crippen molar-refractivity contribution in [3.8, 4) is 17.2 Å². The summed E-state index contributed by atoms with van der Waals surface area (Å²) in [6.45, 7) is 4.76. The van der Waals surface area contributed by atoms with Crippen LogP contribution in [0, 0.1) is 6.92 Å². The number of aryl methyl sites for hydroxylation is 1. The van der Waals surface area contributed by atoms with E-state index in [4.69, 9.17) is 4.74 Å². The summed E-state index contributed by atoms with van der Waals surface area (Å²) in [5, 5.41) is 28.7. The first kappa shape index (κ1) is 28.2. The average Bonchev–Trinajstić information content (AvgIpc) is 3.37. The van der Waals surface area contributed by atoms with Crippen molar-refractivity contribution in [1.29, 1.82) is 0 Å². The predicted octanol–water partition coefficient (Wildman–Crippen LogP) is 5.49. The summed E-state index contributed by atoms with van der Waals surface area (Å²) < 4.78 is 5.86. The Kier molecular flexibility index (Phi) is 11.9. The highest BCUT2D eigenvalue weighted by Crippen LogP contribution is 2.26. The summed E-state index contributed by atoms with van der Waals surface area (Å²) in [6.07, 6.45) is 11.7. The summed E-state index contributed by atoms with van der Waals surface area (Å²) in [7, 11) is 0. The largest absolute Gasteiger partial charge is 0.508 e. The van der Waals surface area contributed by atoms with Gasteiger partial charge in [0, 0.05) is 24.8 Å². The van der Waals surface area contributed by atoms with Gasteiger partial charge in [0.25, 0.3) is 5.91 Å². The third-order valence-corrected chi connectivity index (χ3v) is 6.44.